The third-order valence-corrected chi connectivity index (χ3v) is 6.40. The number of para-hydroxylation sites is 1. The standard InChI is InChI=1S/C25H23N5O2S/c31-23-17-29(13-12-26-23)19-10-8-18(9-11-19)15-27-25(32)21-16-30(20-5-2-1-3-6-20)28-24(21)22-7-4-14-33-22/h1-11,14,16H,12-13,15,17H2,(H,26,31)(H,27,32). The van der Waals surface area contributed by atoms with Crippen LogP contribution in [0.4, 0.5) is 5.69 Å². The number of hydrogen-bond acceptors (Lipinski definition) is 5. The molecule has 4 aromatic rings. The fourth-order valence-corrected chi connectivity index (χ4v) is 4.53. The van der Waals surface area contributed by atoms with Crippen LogP contribution < -0.4 is 15.5 Å². The minimum absolute atomic E-state index is 0.0372. The number of piperazine rings is 1. The highest BCUT2D eigenvalue weighted by molar-refractivity contribution is 7.13. The molecule has 166 valence electrons. The van der Waals surface area contributed by atoms with E-state index in [1.54, 1.807) is 22.2 Å². The fraction of sp³-hybridized carbons (Fsp3) is 0.160. The average Bonchev–Trinajstić information content (AvgIpc) is 3.54. The van der Waals surface area contributed by atoms with Crippen LogP contribution in [-0.4, -0.2) is 41.2 Å². The molecule has 0 spiro atoms. The Morgan fingerprint density at radius 1 is 1.03 bits per heavy atom. The number of anilines is 1. The summed E-state index contributed by atoms with van der Waals surface area (Å²) < 4.78 is 1.74. The summed E-state index contributed by atoms with van der Waals surface area (Å²) in [5.41, 5.74) is 4.10. The zero-order valence-electron chi connectivity index (χ0n) is 17.9. The molecule has 0 saturated carbocycles. The maximum atomic E-state index is 13.1. The lowest BCUT2D eigenvalue weighted by Gasteiger charge is -2.28. The summed E-state index contributed by atoms with van der Waals surface area (Å²) in [7, 11) is 0. The molecule has 8 heteroatoms. The average molecular weight is 458 g/mol. The van der Waals surface area contributed by atoms with E-state index in [-0.39, 0.29) is 11.8 Å². The number of thiophene rings is 1. The largest absolute Gasteiger partial charge is 0.360 e. The van der Waals surface area contributed by atoms with Crippen molar-refractivity contribution in [2.24, 2.45) is 0 Å². The number of nitrogens with one attached hydrogen (secondary N) is 2. The van der Waals surface area contributed by atoms with Crippen LogP contribution in [0.3, 0.4) is 0 Å². The van der Waals surface area contributed by atoms with Crippen LogP contribution in [0.1, 0.15) is 15.9 Å². The molecule has 0 bridgehead atoms. The summed E-state index contributed by atoms with van der Waals surface area (Å²) in [5.74, 6) is -0.132. The van der Waals surface area contributed by atoms with Gasteiger partial charge >= 0.3 is 0 Å². The first-order valence-corrected chi connectivity index (χ1v) is 11.6. The number of hydrogen-bond donors (Lipinski definition) is 2. The molecule has 2 amide bonds. The van der Waals surface area contributed by atoms with E-state index in [9.17, 15) is 9.59 Å². The Hall–Kier alpha value is -3.91. The van der Waals surface area contributed by atoms with E-state index < -0.39 is 0 Å². The predicted molar refractivity (Wildman–Crippen MR) is 130 cm³/mol. The van der Waals surface area contributed by atoms with Crippen molar-refractivity contribution in [2.45, 2.75) is 6.54 Å². The molecular formula is C25H23N5O2S. The summed E-state index contributed by atoms with van der Waals surface area (Å²) in [6.45, 7) is 2.21. The van der Waals surface area contributed by atoms with E-state index in [1.165, 1.54) is 0 Å². The Morgan fingerprint density at radius 3 is 2.58 bits per heavy atom. The third kappa shape index (κ3) is 4.65. The van der Waals surface area contributed by atoms with Crippen LogP contribution in [0, 0.1) is 0 Å². The summed E-state index contributed by atoms with van der Waals surface area (Å²) in [6, 6.07) is 21.6. The molecule has 7 nitrogen and oxygen atoms in total. The van der Waals surface area contributed by atoms with Crippen LogP contribution in [0.25, 0.3) is 16.3 Å². The first kappa shape index (κ1) is 21.0. The quantitative estimate of drug-likeness (QED) is 0.465. The first-order valence-electron chi connectivity index (χ1n) is 10.7. The SMILES string of the molecule is O=C1CN(c2ccc(CNC(=O)c3cn(-c4ccccc4)nc3-c3cccs3)cc2)CCN1. The Labute approximate surface area is 195 Å². The molecule has 0 aliphatic carbocycles. The molecule has 0 atom stereocenters. The van der Waals surface area contributed by atoms with E-state index in [2.05, 4.69) is 10.6 Å². The van der Waals surface area contributed by atoms with Gasteiger partial charge in [0.05, 0.1) is 22.7 Å². The molecule has 2 aromatic heterocycles. The van der Waals surface area contributed by atoms with Crippen molar-refractivity contribution in [1.29, 1.82) is 0 Å². The number of carbonyl (C=O) groups excluding carboxylic acids is 2. The minimum atomic E-state index is -0.169. The molecule has 2 N–H and O–H groups in total. The van der Waals surface area contributed by atoms with Gasteiger partial charge in [-0.05, 0) is 41.3 Å². The molecule has 0 radical (unpaired) electrons. The Kier molecular flexibility index (Phi) is 5.91. The normalized spacial score (nSPS) is 13.6. The van der Waals surface area contributed by atoms with Crippen molar-refractivity contribution in [2.75, 3.05) is 24.5 Å². The molecule has 1 fully saturated rings. The van der Waals surface area contributed by atoms with Gasteiger partial charge in [-0.25, -0.2) is 4.68 Å². The van der Waals surface area contributed by atoms with Crippen LogP contribution >= 0.6 is 11.3 Å². The monoisotopic (exact) mass is 457 g/mol. The highest BCUT2D eigenvalue weighted by Crippen LogP contribution is 2.28. The molecule has 0 unspecified atom stereocenters. The van der Waals surface area contributed by atoms with Crippen molar-refractivity contribution < 1.29 is 9.59 Å². The van der Waals surface area contributed by atoms with Gasteiger partial charge in [-0.15, -0.1) is 11.3 Å². The lowest BCUT2D eigenvalue weighted by molar-refractivity contribution is -0.120. The molecule has 2 aromatic carbocycles. The van der Waals surface area contributed by atoms with Crippen molar-refractivity contribution >= 4 is 28.8 Å². The van der Waals surface area contributed by atoms with Gasteiger partial charge < -0.3 is 15.5 Å². The van der Waals surface area contributed by atoms with Crippen molar-refractivity contribution in [3.8, 4) is 16.3 Å². The molecule has 1 saturated heterocycles. The second-order valence-corrected chi connectivity index (χ2v) is 8.72. The predicted octanol–water partition coefficient (Wildman–Crippen LogP) is 3.47. The summed E-state index contributed by atoms with van der Waals surface area (Å²) in [5, 5.41) is 12.5. The number of carbonyl (C=O) groups is 2. The van der Waals surface area contributed by atoms with Gasteiger partial charge in [-0.3, -0.25) is 9.59 Å². The van der Waals surface area contributed by atoms with Gasteiger partial charge in [0.25, 0.3) is 5.91 Å². The van der Waals surface area contributed by atoms with Gasteiger partial charge in [-0.1, -0.05) is 36.4 Å². The van der Waals surface area contributed by atoms with Crippen LogP contribution in [0.5, 0.6) is 0 Å². The summed E-state index contributed by atoms with van der Waals surface area (Å²) in [4.78, 5) is 27.7. The minimum Gasteiger partial charge on any atom is -0.360 e. The van der Waals surface area contributed by atoms with Gasteiger partial charge in [0, 0.05) is 31.5 Å². The molecule has 1 aliphatic heterocycles. The number of benzene rings is 2. The van der Waals surface area contributed by atoms with E-state index in [1.807, 2.05) is 77.0 Å². The molecule has 5 rings (SSSR count). The Bertz CT molecular complexity index is 1250. The second kappa shape index (κ2) is 9.30. The third-order valence-electron chi connectivity index (χ3n) is 5.53. The number of rotatable bonds is 6. The molecule has 3 heterocycles. The second-order valence-electron chi connectivity index (χ2n) is 7.77. The number of aromatic nitrogens is 2. The number of nitrogens with zero attached hydrogens (tertiary/aromatic N) is 3. The van der Waals surface area contributed by atoms with Gasteiger partial charge in [0.2, 0.25) is 5.91 Å². The van der Waals surface area contributed by atoms with Gasteiger partial charge in [0.1, 0.15) is 5.69 Å². The highest BCUT2D eigenvalue weighted by Gasteiger charge is 2.20. The lowest BCUT2D eigenvalue weighted by atomic mass is 10.1. The first-order chi connectivity index (χ1) is 16.2. The smallest absolute Gasteiger partial charge is 0.255 e. The highest BCUT2D eigenvalue weighted by atomic mass is 32.1. The van der Waals surface area contributed by atoms with E-state index in [4.69, 9.17) is 5.10 Å². The Morgan fingerprint density at radius 2 is 1.85 bits per heavy atom. The topological polar surface area (TPSA) is 79.3 Å². The summed E-state index contributed by atoms with van der Waals surface area (Å²) >= 11 is 1.56. The van der Waals surface area contributed by atoms with Crippen LogP contribution in [0.2, 0.25) is 0 Å². The maximum absolute atomic E-state index is 13.1. The van der Waals surface area contributed by atoms with Crippen molar-refractivity contribution in [3.05, 3.63) is 89.4 Å². The van der Waals surface area contributed by atoms with Crippen LogP contribution in [0.15, 0.2) is 78.3 Å². The van der Waals surface area contributed by atoms with E-state index in [0.717, 1.165) is 28.4 Å². The number of amides is 2. The fourth-order valence-electron chi connectivity index (χ4n) is 3.81. The zero-order valence-corrected chi connectivity index (χ0v) is 18.7. The molecule has 1 aliphatic rings. The lowest BCUT2D eigenvalue weighted by Crippen LogP contribution is -2.47. The maximum Gasteiger partial charge on any atom is 0.255 e. The van der Waals surface area contributed by atoms with Crippen LogP contribution in [-0.2, 0) is 11.3 Å². The van der Waals surface area contributed by atoms with Gasteiger partial charge in [0.15, 0.2) is 0 Å². The molecule has 33 heavy (non-hydrogen) atoms. The van der Waals surface area contributed by atoms with E-state index in [0.29, 0.717) is 30.9 Å². The van der Waals surface area contributed by atoms with E-state index >= 15 is 0 Å². The van der Waals surface area contributed by atoms with Crippen molar-refractivity contribution in [3.63, 3.8) is 0 Å². The van der Waals surface area contributed by atoms with Gasteiger partial charge in [-0.2, -0.15) is 5.10 Å². The molecular weight excluding hydrogens is 434 g/mol. The zero-order chi connectivity index (χ0) is 22.6. The Balaban J connectivity index is 1.31. The summed E-state index contributed by atoms with van der Waals surface area (Å²) in [6.07, 6.45) is 1.78. The van der Waals surface area contributed by atoms with Crippen molar-refractivity contribution in [1.82, 2.24) is 20.4 Å².